The summed E-state index contributed by atoms with van der Waals surface area (Å²) in [5, 5.41) is 31.5. The first-order valence-electron chi connectivity index (χ1n) is 7.74. The van der Waals surface area contributed by atoms with E-state index in [1.165, 1.54) is 18.7 Å². The van der Waals surface area contributed by atoms with E-state index in [1.807, 2.05) is 6.26 Å². The summed E-state index contributed by atoms with van der Waals surface area (Å²) in [6.07, 6.45) is -2.43. The van der Waals surface area contributed by atoms with Crippen LogP contribution in [0.3, 0.4) is 0 Å². The number of aliphatic hydroxyl groups is 1. The molecule has 0 spiro atoms. The number of alkyl halides is 3. The highest BCUT2D eigenvalue weighted by Gasteiger charge is 2.38. The summed E-state index contributed by atoms with van der Waals surface area (Å²) in [6.45, 7) is 0.612. The fourth-order valence-electron chi connectivity index (χ4n) is 1.47. The highest BCUT2D eigenvalue weighted by molar-refractivity contribution is 7.98. The third-order valence-corrected chi connectivity index (χ3v) is 3.63. The number of hydrogen-bond donors (Lipinski definition) is 6. The van der Waals surface area contributed by atoms with Gasteiger partial charge in [0.2, 0.25) is 18.2 Å². The molecule has 0 rings (SSSR count). The number of carboxylic acids is 2. The van der Waals surface area contributed by atoms with Crippen LogP contribution in [-0.4, -0.2) is 88.4 Å². The molecule has 29 heavy (non-hydrogen) atoms. The molecule has 0 radical (unpaired) electrons. The van der Waals surface area contributed by atoms with Crippen molar-refractivity contribution in [2.24, 2.45) is 0 Å². The van der Waals surface area contributed by atoms with Gasteiger partial charge in [0.15, 0.2) is 0 Å². The first kappa shape index (κ1) is 28.7. The SMILES string of the molecule is CSCC[C@H](NC=O)C(=O)N[C@@H](C)C(=O)N[C@@H](CO)C(=O)O.O=C(O)C(F)(F)F. The van der Waals surface area contributed by atoms with Gasteiger partial charge in [-0.25, -0.2) is 9.59 Å². The van der Waals surface area contributed by atoms with Crippen molar-refractivity contribution in [1.29, 1.82) is 0 Å². The summed E-state index contributed by atoms with van der Waals surface area (Å²) in [6, 6.07) is -3.22. The van der Waals surface area contributed by atoms with Crippen molar-refractivity contribution in [3.05, 3.63) is 0 Å². The number of halogens is 3. The van der Waals surface area contributed by atoms with Gasteiger partial charge >= 0.3 is 18.1 Å². The van der Waals surface area contributed by atoms with Gasteiger partial charge in [0, 0.05) is 0 Å². The molecule has 11 nitrogen and oxygen atoms in total. The molecule has 3 amide bonds. The quantitative estimate of drug-likeness (QED) is 0.206. The van der Waals surface area contributed by atoms with E-state index in [0.29, 0.717) is 18.6 Å². The molecule has 0 unspecified atom stereocenters. The molecule has 0 aliphatic heterocycles. The molecule has 15 heteroatoms. The van der Waals surface area contributed by atoms with Crippen molar-refractivity contribution < 1.29 is 52.5 Å². The maximum absolute atomic E-state index is 12.0. The van der Waals surface area contributed by atoms with Gasteiger partial charge in [0.1, 0.15) is 18.1 Å². The van der Waals surface area contributed by atoms with E-state index in [0.717, 1.165) is 0 Å². The van der Waals surface area contributed by atoms with Crippen molar-refractivity contribution in [1.82, 2.24) is 16.0 Å². The zero-order chi connectivity index (χ0) is 23.2. The second-order valence-electron chi connectivity index (χ2n) is 5.23. The average Bonchev–Trinajstić information content (AvgIpc) is 2.62. The number of rotatable bonds is 11. The molecular weight excluding hydrogens is 427 g/mol. The fraction of sp³-hybridized carbons (Fsp3) is 0.643. The van der Waals surface area contributed by atoms with Crippen molar-refractivity contribution >= 4 is 41.9 Å². The predicted octanol–water partition coefficient (Wildman–Crippen LogP) is -1.45. The van der Waals surface area contributed by atoms with E-state index in [1.54, 1.807) is 0 Å². The van der Waals surface area contributed by atoms with Crippen molar-refractivity contribution in [3.8, 4) is 0 Å². The Labute approximate surface area is 167 Å². The van der Waals surface area contributed by atoms with Crippen LogP contribution in [0.4, 0.5) is 13.2 Å². The Morgan fingerprint density at radius 1 is 1.07 bits per heavy atom. The highest BCUT2D eigenvalue weighted by atomic mass is 32.2. The zero-order valence-electron chi connectivity index (χ0n) is 15.4. The van der Waals surface area contributed by atoms with Crippen molar-refractivity contribution in [2.75, 3.05) is 18.6 Å². The summed E-state index contributed by atoms with van der Waals surface area (Å²) in [5.74, 6) is -4.78. The van der Waals surface area contributed by atoms with Gasteiger partial charge in [-0.15, -0.1) is 0 Å². The number of nitrogens with one attached hydrogen (secondary N) is 3. The Balaban J connectivity index is 0. The number of aliphatic hydroxyl groups excluding tert-OH is 1. The minimum Gasteiger partial charge on any atom is -0.480 e. The predicted molar refractivity (Wildman–Crippen MR) is 93.9 cm³/mol. The topological polar surface area (TPSA) is 182 Å². The van der Waals surface area contributed by atoms with Crippen LogP contribution >= 0.6 is 11.8 Å². The van der Waals surface area contributed by atoms with Gasteiger partial charge in [-0.05, 0) is 25.4 Å². The van der Waals surface area contributed by atoms with Gasteiger partial charge in [0.25, 0.3) is 0 Å². The third kappa shape index (κ3) is 13.3. The van der Waals surface area contributed by atoms with E-state index in [9.17, 15) is 32.3 Å². The Hall–Kier alpha value is -2.55. The van der Waals surface area contributed by atoms with Crippen LogP contribution in [-0.2, 0) is 24.0 Å². The number of carbonyl (C=O) groups is 5. The smallest absolute Gasteiger partial charge is 0.480 e. The van der Waals surface area contributed by atoms with Crippen LogP contribution < -0.4 is 16.0 Å². The molecule has 0 heterocycles. The summed E-state index contributed by atoms with van der Waals surface area (Å²) in [7, 11) is 0. The van der Waals surface area contributed by atoms with E-state index in [2.05, 4.69) is 16.0 Å². The van der Waals surface area contributed by atoms with E-state index in [4.69, 9.17) is 20.1 Å². The van der Waals surface area contributed by atoms with Crippen LogP contribution in [0.2, 0.25) is 0 Å². The molecular formula is C14H22F3N3O8S. The Kier molecular flexibility index (Phi) is 14.3. The summed E-state index contributed by atoms with van der Waals surface area (Å²) >= 11 is 1.50. The Morgan fingerprint density at radius 3 is 1.93 bits per heavy atom. The monoisotopic (exact) mass is 449 g/mol. The number of carbonyl (C=O) groups excluding carboxylic acids is 3. The number of hydrogen-bond acceptors (Lipinski definition) is 7. The lowest BCUT2D eigenvalue weighted by Gasteiger charge is -2.20. The standard InChI is InChI=1S/C12H21N3O6S.C2HF3O2/c1-7(10(18)15-9(5-16)12(20)21)14-11(19)8(13-6-17)3-4-22-2;3-2(4,5)1(6)7/h6-9,16H,3-5H2,1-2H3,(H,13,17)(H,14,19)(H,15,18)(H,20,21);(H,6,7)/t7-,8-,9-;/m0./s1. The molecule has 0 aromatic carbocycles. The van der Waals surface area contributed by atoms with Crippen LogP contribution in [0.15, 0.2) is 0 Å². The van der Waals surface area contributed by atoms with Crippen LogP contribution in [0.5, 0.6) is 0 Å². The second-order valence-corrected chi connectivity index (χ2v) is 6.22. The van der Waals surface area contributed by atoms with E-state index in [-0.39, 0.29) is 0 Å². The number of thioether (sulfide) groups is 1. The largest absolute Gasteiger partial charge is 0.490 e. The third-order valence-electron chi connectivity index (χ3n) is 2.99. The van der Waals surface area contributed by atoms with Gasteiger partial charge in [-0.1, -0.05) is 0 Å². The Bertz CT molecular complexity index is 577. The molecule has 0 saturated carbocycles. The molecule has 0 aliphatic rings. The van der Waals surface area contributed by atoms with Crippen LogP contribution in [0, 0.1) is 0 Å². The zero-order valence-corrected chi connectivity index (χ0v) is 16.2. The molecule has 0 aromatic rings. The summed E-state index contributed by atoms with van der Waals surface area (Å²) < 4.78 is 31.7. The van der Waals surface area contributed by atoms with E-state index >= 15 is 0 Å². The number of amides is 3. The minimum absolute atomic E-state index is 0.397. The van der Waals surface area contributed by atoms with Crippen LogP contribution in [0.25, 0.3) is 0 Å². The van der Waals surface area contributed by atoms with Crippen molar-refractivity contribution in [2.45, 2.75) is 37.6 Å². The number of aliphatic carboxylic acids is 2. The molecule has 0 bridgehead atoms. The van der Waals surface area contributed by atoms with Gasteiger partial charge in [0.05, 0.1) is 6.61 Å². The van der Waals surface area contributed by atoms with Crippen LogP contribution in [0.1, 0.15) is 13.3 Å². The molecule has 0 aliphatic carbocycles. The normalized spacial score (nSPS) is 13.6. The molecule has 3 atom stereocenters. The molecule has 0 saturated heterocycles. The average molecular weight is 449 g/mol. The molecule has 0 fully saturated rings. The fourth-order valence-corrected chi connectivity index (χ4v) is 1.94. The number of carboxylic acid groups (broad SMARTS) is 2. The maximum Gasteiger partial charge on any atom is 0.490 e. The molecule has 168 valence electrons. The molecule has 0 aromatic heterocycles. The first-order chi connectivity index (χ1) is 13.3. The van der Waals surface area contributed by atoms with Crippen molar-refractivity contribution in [3.63, 3.8) is 0 Å². The second kappa shape index (κ2) is 14.4. The summed E-state index contributed by atoms with van der Waals surface area (Å²) in [4.78, 5) is 53.8. The lowest BCUT2D eigenvalue weighted by molar-refractivity contribution is -0.192. The maximum atomic E-state index is 12.0. The Morgan fingerprint density at radius 2 is 1.59 bits per heavy atom. The molecule has 6 N–H and O–H groups in total. The van der Waals surface area contributed by atoms with Gasteiger partial charge < -0.3 is 31.3 Å². The minimum atomic E-state index is -5.08. The lowest BCUT2D eigenvalue weighted by Crippen LogP contribution is -2.54. The van der Waals surface area contributed by atoms with Gasteiger partial charge in [-0.3, -0.25) is 14.4 Å². The highest BCUT2D eigenvalue weighted by Crippen LogP contribution is 2.13. The van der Waals surface area contributed by atoms with E-state index < -0.39 is 54.7 Å². The first-order valence-corrected chi connectivity index (χ1v) is 9.14. The van der Waals surface area contributed by atoms with Gasteiger partial charge in [-0.2, -0.15) is 24.9 Å². The lowest BCUT2D eigenvalue weighted by atomic mass is 10.2. The summed E-state index contributed by atoms with van der Waals surface area (Å²) in [5.41, 5.74) is 0.